The normalized spacial score (nSPS) is 29.5. The van der Waals surface area contributed by atoms with E-state index in [1.807, 2.05) is 26.1 Å². The van der Waals surface area contributed by atoms with Gasteiger partial charge in [-0.15, -0.1) is 0 Å². The van der Waals surface area contributed by atoms with Crippen molar-refractivity contribution in [1.82, 2.24) is 4.57 Å². The van der Waals surface area contributed by atoms with Gasteiger partial charge in [0, 0.05) is 35.6 Å². The van der Waals surface area contributed by atoms with Gasteiger partial charge in [-0.05, 0) is 56.4 Å². The van der Waals surface area contributed by atoms with Crippen molar-refractivity contribution in [3.8, 4) is 5.75 Å². The fourth-order valence-corrected chi connectivity index (χ4v) is 5.26. The van der Waals surface area contributed by atoms with Crippen molar-refractivity contribution in [3.63, 3.8) is 0 Å². The van der Waals surface area contributed by atoms with Crippen molar-refractivity contribution in [3.05, 3.63) is 53.8 Å². The molecule has 8 heteroatoms. The number of ether oxygens (including phenoxy) is 4. The number of hydrogen-bond acceptors (Lipinski definition) is 7. The highest BCUT2D eigenvalue weighted by atomic mass is 16.6. The van der Waals surface area contributed by atoms with Crippen LogP contribution in [0.4, 0.5) is 0 Å². The van der Waals surface area contributed by atoms with Crippen molar-refractivity contribution >= 4 is 28.6 Å². The van der Waals surface area contributed by atoms with Crippen LogP contribution < -0.4 is 4.74 Å². The molecule has 35 heavy (non-hydrogen) atoms. The molecule has 0 spiro atoms. The number of fused-ring (bicyclic) bond motifs is 4. The number of carbonyl (C=O) groups is 3. The molecule has 3 heterocycles. The quantitative estimate of drug-likeness (QED) is 0.161. The minimum Gasteiger partial charge on any atom is -0.497 e. The number of aryl methyl sites for hydroxylation is 1. The van der Waals surface area contributed by atoms with Gasteiger partial charge in [-0.3, -0.25) is 4.79 Å². The molecule has 2 saturated heterocycles. The first-order valence-electron chi connectivity index (χ1n) is 11.8. The number of rotatable bonds is 5. The Balaban J connectivity index is 1.29. The van der Waals surface area contributed by atoms with Crippen LogP contribution in [0.1, 0.15) is 43.0 Å². The molecule has 0 N–H and O–H groups in total. The number of hydrogen-bond donors (Lipinski definition) is 0. The average molecular weight is 480 g/mol. The lowest BCUT2D eigenvalue weighted by atomic mass is 9.84. The van der Waals surface area contributed by atoms with Crippen LogP contribution in [0.25, 0.3) is 10.9 Å². The number of esters is 2. The number of ketones is 1. The fourth-order valence-electron chi connectivity index (χ4n) is 5.26. The molecule has 0 unspecified atom stereocenters. The molecular weight excluding hydrogens is 450 g/mol. The van der Waals surface area contributed by atoms with Gasteiger partial charge < -0.3 is 23.5 Å². The predicted molar refractivity (Wildman–Crippen MR) is 127 cm³/mol. The molecule has 184 valence electrons. The number of Topliss-reactive ketones (excluding diaryl/α,β-unsaturated/α-hetero) is 1. The Kier molecular flexibility index (Phi) is 5.79. The van der Waals surface area contributed by atoms with Gasteiger partial charge in [0.2, 0.25) is 0 Å². The van der Waals surface area contributed by atoms with Crippen molar-refractivity contribution in [1.29, 1.82) is 0 Å². The second-order valence-electron chi connectivity index (χ2n) is 9.73. The van der Waals surface area contributed by atoms with Crippen LogP contribution in [0.3, 0.4) is 0 Å². The van der Waals surface area contributed by atoms with Crippen molar-refractivity contribution in [2.24, 2.45) is 13.0 Å². The topological polar surface area (TPSA) is 96.4 Å². The number of nitrogens with zero attached hydrogens (tertiary/aromatic N) is 1. The number of methoxy groups -OCH3 is 1. The maximum atomic E-state index is 13.0. The van der Waals surface area contributed by atoms with Gasteiger partial charge in [0.15, 0.2) is 0 Å². The molecular formula is C27H29NO7. The molecule has 4 atom stereocenters. The summed E-state index contributed by atoms with van der Waals surface area (Å²) in [7, 11) is 3.36. The lowest BCUT2D eigenvalue weighted by Gasteiger charge is -2.20. The Bertz CT molecular complexity index is 1270. The summed E-state index contributed by atoms with van der Waals surface area (Å²) in [5, 5.41) is 0.634. The molecule has 1 aromatic carbocycles. The standard InChI is InChI=1S/C27H29NO7/c1-15-18-9-7-16(6-5-11-27(2)24(35-27)23(18)34-25(15)30)14-33-26(31)22(29)20-13-28(3)21-10-8-17(32-4)12-19(20)21/h6,8,10,12-13,18,23-24H,1,5,7,9,11,14H2,2-4H3/b16-6+/t18-,23-,24-,27+/m0/s1. The van der Waals surface area contributed by atoms with Crippen LogP contribution in [0.15, 0.2) is 48.2 Å². The number of allylic oxidation sites excluding steroid dienone is 1. The van der Waals surface area contributed by atoms with E-state index >= 15 is 0 Å². The molecule has 2 fully saturated rings. The summed E-state index contributed by atoms with van der Waals surface area (Å²) >= 11 is 0. The molecule has 0 amide bonds. The Labute approximate surface area is 203 Å². The van der Waals surface area contributed by atoms with Crippen molar-refractivity contribution < 1.29 is 33.3 Å². The van der Waals surface area contributed by atoms with Crippen molar-refractivity contribution in [2.45, 2.75) is 50.4 Å². The van der Waals surface area contributed by atoms with E-state index in [4.69, 9.17) is 18.9 Å². The van der Waals surface area contributed by atoms with Gasteiger partial charge in [0.05, 0.1) is 18.3 Å². The molecule has 1 aromatic heterocycles. The summed E-state index contributed by atoms with van der Waals surface area (Å²) in [5.74, 6) is -1.51. The van der Waals surface area contributed by atoms with E-state index in [1.165, 1.54) is 0 Å². The van der Waals surface area contributed by atoms with Gasteiger partial charge in [-0.1, -0.05) is 12.7 Å². The molecule has 3 aliphatic rings. The molecule has 0 bridgehead atoms. The minimum atomic E-state index is -0.905. The van der Waals surface area contributed by atoms with Crippen LogP contribution in [0.5, 0.6) is 5.75 Å². The number of epoxide rings is 1. The first kappa shape index (κ1) is 23.4. The number of aromatic nitrogens is 1. The molecule has 0 saturated carbocycles. The predicted octanol–water partition coefficient (Wildman–Crippen LogP) is 3.67. The Hall–Kier alpha value is -3.39. The summed E-state index contributed by atoms with van der Waals surface area (Å²) in [6.07, 6.45) is 5.98. The van der Waals surface area contributed by atoms with Crippen LogP contribution >= 0.6 is 0 Å². The maximum Gasteiger partial charge on any atom is 0.380 e. The van der Waals surface area contributed by atoms with E-state index in [1.54, 1.807) is 30.0 Å². The third-order valence-corrected chi connectivity index (χ3v) is 7.45. The van der Waals surface area contributed by atoms with E-state index in [-0.39, 0.29) is 41.9 Å². The Morgan fingerprint density at radius 1 is 1.31 bits per heavy atom. The summed E-state index contributed by atoms with van der Waals surface area (Å²) in [5.41, 5.74) is 2.12. The second-order valence-corrected chi connectivity index (χ2v) is 9.73. The molecule has 2 aliphatic heterocycles. The molecule has 0 radical (unpaired) electrons. The zero-order valence-corrected chi connectivity index (χ0v) is 20.2. The van der Waals surface area contributed by atoms with Crippen LogP contribution in [-0.2, 0) is 30.8 Å². The van der Waals surface area contributed by atoms with Gasteiger partial charge in [-0.25, -0.2) is 9.59 Å². The molecule has 1 aliphatic carbocycles. The van der Waals surface area contributed by atoms with Gasteiger partial charge in [0.1, 0.15) is 24.6 Å². The second kappa shape index (κ2) is 8.68. The van der Waals surface area contributed by atoms with Gasteiger partial charge >= 0.3 is 11.9 Å². The fraction of sp³-hybridized carbons (Fsp3) is 0.444. The van der Waals surface area contributed by atoms with E-state index in [0.717, 1.165) is 23.9 Å². The highest BCUT2D eigenvalue weighted by molar-refractivity contribution is 6.43. The van der Waals surface area contributed by atoms with E-state index in [0.29, 0.717) is 29.6 Å². The van der Waals surface area contributed by atoms with Crippen LogP contribution in [0, 0.1) is 5.92 Å². The molecule has 5 rings (SSSR count). The molecule has 8 nitrogen and oxygen atoms in total. The lowest BCUT2D eigenvalue weighted by molar-refractivity contribution is -0.140. The largest absolute Gasteiger partial charge is 0.497 e. The summed E-state index contributed by atoms with van der Waals surface area (Å²) < 4.78 is 24.0. The number of benzene rings is 1. The van der Waals surface area contributed by atoms with E-state index in [9.17, 15) is 14.4 Å². The van der Waals surface area contributed by atoms with E-state index in [2.05, 4.69) is 6.58 Å². The highest BCUT2D eigenvalue weighted by Gasteiger charge is 2.61. The smallest absolute Gasteiger partial charge is 0.380 e. The monoisotopic (exact) mass is 479 g/mol. The number of carbonyl (C=O) groups excluding carboxylic acids is 3. The summed E-state index contributed by atoms with van der Waals surface area (Å²) in [6, 6.07) is 5.38. The van der Waals surface area contributed by atoms with Crippen LogP contribution in [-0.4, -0.2) is 53.8 Å². The SMILES string of the molecule is C=C1C(=O)O[C@H]2[C@H]1CC/C(COC(=O)C(=O)c1cn(C)c3ccc(OC)cc13)=C\CC[C@@]1(C)O[C@@H]21. The highest BCUT2D eigenvalue weighted by Crippen LogP contribution is 2.49. The Morgan fingerprint density at radius 3 is 2.89 bits per heavy atom. The van der Waals surface area contributed by atoms with Gasteiger partial charge in [-0.2, -0.15) is 0 Å². The van der Waals surface area contributed by atoms with Gasteiger partial charge in [0.25, 0.3) is 5.78 Å². The first-order chi connectivity index (χ1) is 16.7. The third kappa shape index (κ3) is 4.16. The lowest BCUT2D eigenvalue weighted by Crippen LogP contribution is -2.29. The van der Waals surface area contributed by atoms with E-state index < -0.39 is 11.8 Å². The minimum absolute atomic E-state index is 0.0122. The first-order valence-corrected chi connectivity index (χ1v) is 11.8. The molecule has 2 aromatic rings. The summed E-state index contributed by atoms with van der Waals surface area (Å²) in [4.78, 5) is 37.8. The van der Waals surface area contributed by atoms with Crippen LogP contribution in [0.2, 0.25) is 0 Å². The van der Waals surface area contributed by atoms with Crippen molar-refractivity contribution in [2.75, 3.05) is 13.7 Å². The zero-order valence-electron chi connectivity index (χ0n) is 20.2. The average Bonchev–Trinajstić information content (AvgIpc) is 3.29. The Morgan fingerprint density at radius 2 is 2.11 bits per heavy atom. The zero-order chi connectivity index (χ0) is 24.9. The third-order valence-electron chi connectivity index (χ3n) is 7.45. The summed E-state index contributed by atoms with van der Waals surface area (Å²) in [6.45, 7) is 5.96. The maximum absolute atomic E-state index is 13.0.